The van der Waals surface area contributed by atoms with Gasteiger partial charge in [-0.05, 0) is 58.8 Å². The molecule has 0 aliphatic rings. The van der Waals surface area contributed by atoms with Gasteiger partial charge in [-0.3, -0.25) is 4.79 Å². The molecule has 2 N–H and O–H groups in total. The fourth-order valence-electron chi connectivity index (χ4n) is 2.49. The Balaban J connectivity index is 1.62. The molecule has 2 aromatic heterocycles. The number of thiophene rings is 2. The third-order valence-electron chi connectivity index (χ3n) is 4.13. The van der Waals surface area contributed by atoms with E-state index < -0.39 is 16.1 Å². The molecule has 0 fully saturated rings. The number of nitrogens with zero attached hydrogens (tertiary/aromatic N) is 1. The average molecular weight is 437 g/mol. The predicted molar refractivity (Wildman–Crippen MR) is 111 cm³/mol. The number of sulfonamides is 1. The third-order valence-corrected chi connectivity index (χ3v) is 7.80. The maximum Gasteiger partial charge on any atom is 0.251 e. The number of aliphatic hydroxyl groups excluding tert-OH is 1. The lowest BCUT2D eigenvalue weighted by molar-refractivity contribution is 0.0951. The maximum absolute atomic E-state index is 12.3. The molecule has 1 atom stereocenters. The van der Waals surface area contributed by atoms with Crippen LogP contribution in [0.25, 0.3) is 0 Å². The lowest BCUT2D eigenvalue weighted by Gasteiger charge is -2.11. The molecular formula is C19H20N2O4S3. The highest BCUT2D eigenvalue weighted by atomic mass is 32.2. The molecule has 0 radical (unpaired) electrons. The molecule has 0 bridgehead atoms. The number of rotatable bonds is 7. The first-order valence-corrected chi connectivity index (χ1v) is 11.6. The van der Waals surface area contributed by atoms with Gasteiger partial charge in [0.05, 0.1) is 11.4 Å². The number of amides is 1. The summed E-state index contributed by atoms with van der Waals surface area (Å²) in [5, 5.41) is 17.0. The number of hydrogen-bond donors (Lipinski definition) is 2. The Kier molecular flexibility index (Phi) is 6.31. The van der Waals surface area contributed by atoms with Gasteiger partial charge in [0.25, 0.3) is 5.91 Å². The molecule has 1 amide bonds. The van der Waals surface area contributed by atoms with E-state index in [0.29, 0.717) is 12.1 Å². The van der Waals surface area contributed by atoms with E-state index >= 15 is 0 Å². The quantitative estimate of drug-likeness (QED) is 0.596. The molecule has 0 saturated heterocycles. The van der Waals surface area contributed by atoms with Crippen molar-refractivity contribution < 1.29 is 18.3 Å². The first kappa shape index (κ1) is 20.7. The molecule has 2 heterocycles. The predicted octanol–water partition coefficient (Wildman–Crippen LogP) is 3.07. The van der Waals surface area contributed by atoms with Crippen molar-refractivity contribution in [2.45, 2.75) is 17.5 Å². The van der Waals surface area contributed by atoms with E-state index in [1.165, 1.54) is 61.0 Å². The minimum absolute atomic E-state index is 0.138. The van der Waals surface area contributed by atoms with Crippen LogP contribution in [0.1, 0.15) is 31.8 Å². The maximum atomic E-state index is 12.3. The highest BCUT2D eigenvalue weighted by Crippen LogP contribution is 2.29. The summed E-state index contributed by atoms with van der Waals surface area (Å²) >= 11 is 2.97. The van der Waals surface area contributed by atoms with Crippen LogP contribution < -0.4 is 5.32 Å². The summed E-state index contributed by atoms with van der Waals surface area (Å²) in [4.78, 5) is 14.2. The highest BCUT2D eigenvalue weighted by molar-refractivity contribution is 7.89. The molecule has 0 aliphatic carbocycles. The monoisotopic (exact) mass is 436 g/mol. The van der Waals surface area contributed by atoms with Crippen LogP contribution in [-0.4, -0.2) is 37.8 Å². The second-order valence-electron chi connectivity index (χ2n) is 6.26. The zero-order valence-electron chi connectivity index (χ0n) is 15.3. The van der Waals surface area contributed by atoms with Crippen molar-refractivity contribution >= 4 is 38.6 Å². The molecule has 3 aromatic rings. The van der Waals surface area contributed by atoms with Crippen molar-refractivity contribution in [3.63, 3.8) is 0 Å². The van der Waals surface area contributed by atoms with E-state index in [2.05, 4.69) is 5.32 Å². The Morgan fingerprint density at radius 1 is 1.14 bits per heavy atom. The molecule has 0 spiro atoms. The minimum atomic E-state index is -3.52. The SMILES string of the molecule is CN(C)S(=O)(=O)c1ccc(C(=O)NCc2ccc(C(O)c3ccsc3)s2)cc1. The van der Waals surface area contributed by atoms with Crippen LogP contribution >= 0.6 is 22.7 Å². The first-order chi connectivity index (χ1) is 13.3. The van der Waals surface area contributed by atoms with E-state index in [4.69, 9.17) is 0 Å². The zero-order valence-corrected chi connectivity index (χ0v) is 17.8. The average Bonchev–Trinajstić information content (AvgIpc) is 3.37. The summed E-state index contributed by atoms with van der Waals surface area (Å²) in [6, 6.07) is 11.4. The van der Waals surface area contributed by atoms with Crippen LogP contribution in [0.3, 0.4) is 0 Å². The van der Waals surface area contributed by atoms with Gasteiger partial charge in [0.1, 0.15) is 6.10 Å². The van der Waals surface area contributed by atoms with Crippen LogP contribution in [-0.2, 0) is 16.6 Å². The van der Waals surface area contributed by atoms with Crippen LogP contribution in [0, 0.1) is 0 Å². The van der Waals surface area contributed by atoms with Gasteiger partial charge in [0.15, 0.2) is 0 Å². The number of nitrogens with one attached hydrogen (secondary N) is 1. The summed E-state index contributed by atoms with van der Waals surface area (Å²) in [6.07, 6.45) is -0.660. The molecule has 148 valence electrons. The van der Waals surface area contributed by atoms with Gasteiger partial charge in [0.2, 0.25) is 10.0 Å². The van der Waals surface area contributed by atoms with E-state index in [1.807, 2.05) is 29.0 Å². The van der Waals surface area contributed by atoms with Crippen molar-refractivity contribution in [2.24, 2.45) is 0 Å². The zero-order chi connectivity index (χ0) is 20.3. The molecule has 9 heteroatoms. The van der Waals surface area contributed by atoms with Crippen molar-refractivity contribution in [1.29, 1.82) is 0 Å². The Hall–Kier alpha value is -2.04. The number of carbonyl (C=O) groups is 1. The molecule has 6 nitrogen and oxygen atoms in total. The lowest BCUT2D eigenvalue weighted by Crippen LogP contribution is -2.24. The number of benzene rings is 1. The first-order valence-electron chi connectivity index (χ1n) is 8.38. The van der Waals surface area contributed by atoms with Gasteiger partial charge in [-0.2, -0.15) is 11.3 Å². The molecule has 1 aromatic carbocycles. The van der Waals surface area contributed by atoms with E-state index in [9.17, 15) is 18.3 Å². The van der Waals surface area contributed by atoms with Gasteiger partial charge in [-0.15, -0.1) is 11.3 Å². The summed E-state index contributed by atoms with van der Waals surface area (Å²) in [5.74, 6) is -0.290. The minimum Gasteiger partial charge on any atom is -0.383 e. The topological polar surface area (TPSA) is 86.7 Å². The van der Waals surface area contributed by atoms with Crippen molar-refractivity contribution in [3.05, 3.63) is 74.1 Å². The van der Waals surface area contributed by atoms with E-state index in [0.717, 1.165) is 19.6 Å². The number of hydrogen-bond acceptors (Lipinski definition) is 6. The van der Waals surface area contributed by atoms with Crippen molar-refractivity contribution in [2.75, 3.05) is 14.1 Å². The second-order valence-corrected chi connectivity index (χ2v) is 10.4. The normalized spacial score (nSPS) is 12.9. The fraction of sp³-hybridized carbons (Fsp3) is 0.211. The Bertz CT molecular complexity index is 1040. The molecule has 28 heavy (non-hydrogen) atoms. The molecule has 3 rings (SSSR count). The lowest BCUT2D eigenvalue weighted by atomic mass is 10.2. The highest BCUT2D eigenvalue weighted by Gasteiger charge is 2.18. The number of carbonyl (C=O) groups excluding carboxylic acids is 1. The summed E-state index contributed by atoms with van der Waals surface area (Å²) < 4.78 is 25.3. The van der Waals surface area contributed by atoms with Gasteiger partial charge in [-0.25, -0.2) is 12.7 Å². The Morgan fingerprint density at radius 2 is 1.86 bits per heavy atom. The summed E-state index contributed by atoms with van der Waals surface area (Å²) in [7, 11) is -0.601. The third kappa shape index (κ3) is 4.50. The van der Waals surface area contributed by atoms with Crippen molar-refractivity contribution in [1.82, 2.24) is 9.62 Å². The summed E-state index contributed by atoms with van der Waals surface area (Å²) in [5.41, 5.74) is 1.24. The smallest absolute Gasteiger partial charge is 0.251 e. The molecule has 0 aliphatic heterocycles. The number of aliphatic hydroxyl groups is 1. The standard InChI is InChI=1S/C19H20N2O4S3/c1-21(2)28(24,25)16-6-3-13(4-7-16)19(23)20-11-15-5-8-17(27-15)18(22)14-9-10-26-12-14/h3-10,12,18,22H,11H2,1-2H3,(H,20,23). The van der Waals surface area contributed by atoms with Gasteiger partial charge < -0.3 is 10.4 Å². The van der Waals surface area contributed by atoms with Crippen molar-refractivity contribution in [3.8, 4) is 0 Å². The van der Waals surface area contributed by atoms with Gasteiger partial charge in [0, 0.05) is 29.4 Å². The Labute approximate surface area is 172 Å². The van der Waals surface area contributed by atoms with E-state index in [-0.39, 0.29) is 10.8 Å². The summed E-state index contributed by atoms with van der Waals surface area (Å²) in [6.45, 7) is 0.331. The van der Waals surface area contributed by atoms with Gasteiger partial charge in [-0.1, -0.05) is 0 Å². The van der Waals surface area contributed by atoms with Crippen LogP contribution in [0.4, 0.5) is 0 Å². The van der Waals surface area contributed by atoms with Crippen LogP contribution in [0.5, 0.6) is 0 Å². The Morgan fingerprint density at radius 3 is 2.46 bits per heavy atom. The largest absolute Gasteiger partial charge is 0.383 e. The molecule has 0 saturated carbocycles. The van der Waals surface area contributed by atoms with Crippen LogP contribution in [0.15, 0.2) is 58.1 Å². The van der Waals surface area contributed by atoms with E-state index in [1.54, 1.807) is 0 Å². The molecule has 1 unspecified atom stereocenters. The van der Waals surface area contributed by atoms with Crippen LogP contribution in [0.2, 0.25) is 0 Å². The molecular weight excluding hydrogens is 416 g/mol. The van der Waals surface area contributed by atoms with Gasteiger partial charge >= 0.3 is 0 Å². The fourth-order valence-corrected chi connectivity index (χ4v) is 5.04. The second kappa shape index (κ2) is 8.54.